The smallest absolute Gasteiger partial charge is 0.244 e. The van der Waals surface area contributed by atoms with Gasteiger partial charge in [0.15, 0.2) is 0 Å². The number of hydrogen-bond donors (Lipinski definition) is 3. The maximum atomic E-state index is 14.1. The zero-order valence-corrected chi connectivity index (χ0v) is 21.7. The van der Waals surface area contributed by atoms with E-state index in [4.69, 9.17) is 0 Å². The molecular weight excluding hydrogens is 450 g/mol. The molecule has 3 aliphatic rings. The number of rotatable bonds is 6. The Morgan fingerprint density at radius 1 is 1.21 bits per heavy atom. The van der Waals surface area contributed by atoms with E-state index in [1.807, 2.05) is 65.0 Å². The summed E-state index contributed by atoms with van der Waals surface area (Å²) < 4.78 is -0.696. The molecule has 2 bridgehead atoms. The Balaban J connectivity index is 1.77. The van der Waals surface area contributed by atoms with Crippen LogP contribution in [0.1, 0.15) is 48.0 Å². The molecule has 0 aliphatic carbocycles. The largest absolute Gasteiger partial charge is 0.394 e. The van der Waals surface area contributed by atoms with Crippen LogP contribution >= 0.6 is 11.8 Å². The summed E-state index contributed by atoms with van der Waals surface area (Å²) in [5.74, 6) is -1.62. The first-order valence-electron chi connectivity index (χ1n) is 12.2. The van der Waals surface area contributed by atoms with E-state index in [9.17, 15) is 19.5 Å². The van der Waals surface area contributed by atoms with Gasteiger partial charge in [0.25, 0.3) is 0 Å². The molecule has 3 heterocycles. The summed E-state index contributed by atoms with van der Waals surface area (Å²) in [5.41, 5.74) is 0.226. The number of anilines is 1. The fourth-order valence-corrected chi connectivity index (χ4v) is 8.63. The molecule has 1 aromatic rings. The van der Waals surface area contributed by atoms with E-state index in [1.54, 1.807) is 16.7 Å². The zero-order chi connectivity index (χ0) is 25.0. The summed E-state index contributed by atoms with van der Waals surface area (Å²) in [6.45, 7) is 11.5. The van der Waals surface area contributed by atoms with E-state index in [0.717, 1.165) is 6.42 Å². The molecule has 3 amide bonds. The summed E-state index contributed by atoms with van der Waals surface area (Å²) in [6.07, 6.45) is 0.778. The van der Waals surface area contributed by atoms with E-state index in [2.05, 4.69) is 17.6 Å². The molecule has 8 heteroatoms. The molecule has 3 unspecified atom stereocenters. The van der Waals surface area contributed by atoms with Gasteiger partial charge in [0.1, 0.15) is 6.04 Å². The molecular formula is C26H37N3O4S. The van der Waals surface area contributed by atoms with Crippen LogP contribution in [0.3, 0.4) is 0 Å². The highest BCUT2D eigenvalue weighted by atomic mass is 32.2. The van der Waals surface area contributed by atoms with Crippen LogP contribution in [0.25, 0.3) is 0 Å². The molecule has 3 saturated heterocycles. The molecule has 7 nitrogen and oxygen atoms in total. The SMILES string of the molecule is CC(C)[C@H](CO)N1C(=O)[C@@H]2[C@H](C(=O)Nc3ccccc3)[C@@H]3CC(C)C2(S3)C1C(=O)NC(C)(C)C. The van der Waals surface area contributed by atoms with Crippen molar-refractivity contribution in [1.29, 1.82) is 0 Å². The normalized spacial score (nSPS) is 33.2. The number of carbonyl (C=O) groups excluding carboxylic acids is 3. The number of para-hydroxylation sites is 1. The molecule has 0 aromatic heterocycles. The molecule has 3 N–H and O–H groups in total. The minimum atomic E-state index is -0.733. The number of carbonyl (C=O) groups is 3. The second kappa shape index (κ2) is 8.86. The first-order chi connectivity index (χ1) is 15.9. The van der Waals surface area contributed by atoms with Crippen molar-refractivity contribution >= 4 is 35.2 Å². The third-order valence-corrected chi connectivity index (χ3v) is 9.66. The van der Waals surface area contributed by atoms with Gasteiger partial charge in [-0.15, -0.1) is 11.8 Å². The third-order valence-electron chi connectivity index (χ3n) is 7.59. The number of nitrogens with zero attached hydrogens (tertiary/aromatic N) is 1. The topological polar surface area (TPSA) is 98.7 Å². The fraction of sp³-hybridized carbons (Fsp3) is 0.654. The predicted octanol–water partition coefficient (Wildman–Crippen LogP) is 2.89. The number of amides is 3. The number of nitrogens with one attached hydrogen (secondary N) is 2. The number of aliphatic hydroxyl groups excluding tert-OH is 1. The molecule has 7 atom stereocenters. The van der Waals surface area contributed by atoms with E-state index >= 15 is 0 Å². The third kappa shape index (κ3) is 3.92. The standard InChI is InChI=1S/C26H37N3O4S/c1-14(2)17(13-30)29-21(23(32)28-25(4,5)6)26-15(3)12-18(34-26)19(20(26)24(29)33)22(31)27-16-10-8-7-9-11-16/h7-11,14-15,17-21,30H,12-13H2,1-6H3,(H,27,31)(H,28,32)/t15?,17-,18-,19+,20-,21?,26?/m0/s1. The van der Waals surface area contributed by atoms with Crippen LogP contribution in [0, 0.1) is 23.7 Å². The zero-order valence-electron chi connectivity index (χ0n) is 20.9. The molecule has 3 aliphatic heterocycles. The minimum Gasteiger partial charge on any atom is -0.394 e. The Bertz CT molecular complexity index is 963. The number of thioether (sulfide) groups is 1. The van der Waals surface area contributed by atoms with Crippen molar-refractivity contribution in [2.45, 2.75) is 75.6 Å². The molecule has 34 heavy (non-hydrogen) atoms. The van der Waals surface area contributed by atoms with Crippen molar-refractivity contribution in [2.75, 3.05) is 11.9 Å². The van der Waals surface area contributed by atoms with Gasteiger partial charge in [-0.05, 0) is 51.2 Å². The number of hydrogen-bond acceptors (Lipinski definition) is 5. The van der Waals surface area contributed by atoms with Gasteiger partial charge in [-0.3, -0.25) is 14.4 Å². The van der Waals surface area contributed by atoms with E-state index in [1.165, 1.54) is 0 Å². The van der Waals surface area contributed by atoms with Crippen LogP contribution < -0.4 is 10.6 Å². The molecule has 1 spiro atoms. The molecule has 0 radical (unpaired) electrons. The van der Waals surface area contributed by atoms with Crippen LogP contribution in [0.2, 0.25) is 0 Å². The lowest BCUT2D eigenvalue weighted by Crippen LogP contribution is -2.61. The second-order valence-corrected chi connectivity index (χ2v) is 12.9. The lowest BCUT2D eigenvalue weighted by molar-refractivity contribution is -0.143. The lowest BCUT2D eigenvalue weighted by Gasteiger charge is -2.41. The Hall–Kier alpha value is -2.06. The van der Waals surface area contributed by atoms with Crippen molar-refractivity contribution in [3.63, 3.8) is 0 Å². The first-order valence-corrected chi connectivity index (χ1v) is 13.1. The Morgan fingerprint density at radius 3 is 2.41 bits per heavy atom. The first kappa shape index (κ1) is 25.0. The molecule has 4 rings (SSSR count). The number of fused-ring (bicyclic) bond motifs is 1. The molecule has 3 fully saturated rings. The van der Waals surface area contributed by atoms with Crippen LogP contribution in [0.5, 0.6) is 0 Å². The average Bonchev–Trinajstić information content (AvgIpc) is 3.32. The summed E-state index contributed by atoms with van der Waals surface area (Å²) in [4.78, 5) is 43.1. The molecule has 186 valence electrons. The van der Waals surface area contributed by atoms with Crippen molar-refractivity contribution < 1.29 is 19.5 Å². The van der Waals surface area contributed by atoms with Crippen LogP contribution in [-0.4, -0.2) is 62.0 Å². The van der Waals surface area contributed by atoms with Crippen molar-refractivity contribution in [3.05, 3.63) is 30.3 Å². The average molecular weight is 488 g/mol. The highest BCUT2D eigenvalue weighted by Crippen LogP contribution is 2.69. The highest BCUT2D eigenvalue weighted by Gasteiger charge is 2.76. The molecule has 1 aromatic carbocycles. The Labute approximate surface area is 206 Å². The quantitative estimate of drug-likeness (QED) is 0.573. The number of benzene rings is 1. The minimum absolute atomic E-state index is 0.0219. The Kier molecular flexibility index (Phi) is 6.53. The van der Waals surface area contributed by atoms with Gasteiger partial charge in [0, 0.05) is 16.5 Å². The number of likely N-dealkylation sites (tertiary alicyclic amines) is 1. The van der Waals surface area contributed by atoms with Crippen LogP contribution in [-0.2, 0) is 14.4 Å². The summed E-state index contributed by atoms with van der Waals surface area (Å²) in [7, 11) is 0. The predicted molar refractivity (Wildman–Crippen MR) is 134 cm³/mol. The van der Waals surface area contributed by atoms with Crippen molar-refractivity contribution in [1.82, 2.24) is 10.2 Å². The number of aliphatic hydroxyl groups is 1. The van der Waals surface area contributed by atoms with Crippen molar-refractivity contribution in [2.24, 2.45) is 23.7 Å². The maximum absolute atomic E-state index is 14.1. The van der Waals surface area contributed by atoms with Gasteiger partial charge < -0.3 is 20.6 Å². The summed E-state index contributed by atoms with van der Waals surface area (Å²) in [6, 6.07) is 8.05. The van der Waals surface area contributed by atoms with Crippen molar-refractivity contribution in [3.8, 4) is 0 Å². The van der Waals surface area contributed by atoms with Gasteiger partial charge in [-0.2, -0.15) is 0 Å². The monoisotopic (exact) mass is 487 g/mol. The van der Waals surface area contributed by atoms with Gasteiger partial charge in [0.2, 0.25) is 17.7 Å². The van der Waals surface area contributed by atoms with Crippen LogP contribution in [0.15, 0.2) is 30.3 Å². The Morgan fingerprint density at radius 2 is 1.85 bits per heavy atom. The van der Waals surface area contributed by atoms with E-state index in [-0.39, 0.29) is 41.4 Å². The summed E-state index contributed by atoms with van der Waals surface area (Å²) in [5, 5.41) is 16.3. The highest BCUT2D eigenvalue weighted by molar-refractivity contribution is 8.02. The lowest BCUT2D eigenvalue weighted by atomic mass is 9.65. The van der Waals surface area contributed by atoms with Gasteiger partial charge in [-0.1, -0.05) is 39.0 Å². The summed E-state index contributed by atoms with van der Waals surface area (Å²) >= 11 is 1.65. The molecule has 0 saturated carbocycles. The van der Waals surface area contributed by atoms with E-state index < -0.39 is 34.2 Å². The van der Waals surface area contributed by atoms with E-state index in [0.29, 0.717) is 5.69 Å². The van der Waals surface area contributed by atoms with Gasteiger partial charge in [-0.25, -0.2) is 0 Å². The second-order valence-electron chi connectivity index (χ2n) is 11.4. The van der Waals surface area contributed by atoms with Crippen LogP contribution in [0.4, 0.5) is 5.69 Å². The van der Waals surface area contributed by atoms with Gasteiger partial charge >= 0.3 is 0 Å². The maximum Gasteiger partial charge on any atom is 0.244 e. The fourth-order valence-electron chi connectivity index (χ4n) is 6.22. The van der Waals surface area contributed by atoms with Gasteiger partial charge in [0.05, 0.1) is 29.2 Å².